The SMILES string of the molecule is CCCCCC[C@H](O)C/C=C\[C@@H](CCCCCC)O[Si](CC)(CC)CC. The maximum Gasteiger partial charge on any atom is 0.192 e. The van der Waals surface area contributed by atoms with Crippen molar-refractivity contribution >= 4 is 8.32 Å². The molecular formula is C23H48O2Si. The first-order chi connectivity index (χ1) is 12.6. The summed E-state index contributed by atoms with van der Waals surface area (Å²) in [6.45, 7) is 11.4. The Kier molecular flexibility index (Phi) is 16.9. The van der Waals surface area contributed by atoms with Crippen LogP contribution < -0.4 is 0 Å². The van der Waals surface area contributed by atoms with Crippen molar-refractivity contribution in [2.75, 3.05) is 0 Å². The number of hydrogen-bond acceptors (Lipinski definition) is 2. The number of hydrogen-bond donors (Lipinski definition) is 1. The van der Waals surface area contributed by atoms with Gasteiger partial charge < -0.3 is 9.53 Å². The molecule has 156 valence electrons. The van der Waals surface area contributed by atoms with E-state index in [4.69, 9.17) is 4.43 Å². The quantitative estimate of drug-likeness (QED) is 0.149. The van der Waals surface area contributed by atoms with Crippen molar-refractivity contribution in [1.29, 1.82) is 0 Å². The van der Waals surface area contributed by atoms with Crippen LogP contribution in [0.1, 0.15) is 105 Å². The van der Waals surface area contributed by atoms with Crippen LogP contribution in [0.5, 0.6) is 0 Å². The Hall–Kier alpha value is -0.123. The monoisotopic (exact) mass is 384 g/mol. The van der Waals surface area contributed by atoms with Crippen LogP contribution in [0.2, 0.25) is 18.1 Å². The van der Waals surface area contributed by atoms with E-state index in [0.29, 0.717) is 0 Å². The van der Waals surface area contributed by atoms with Crippen molar-refractivity contribution in [3.05, 3.63) is 12.2 Å². The summed E-state index contributed by atoms with van der Waals surface area (Å²) >= 11 is 0. The maximum atomic E-state index is 10.2. The summed E-state index contributed by atoms with van der Waals surface area (Å²) in [5.74, 6) is 0. The van der Waals surface area contributed by atoms with Crippen molar-refractivity contribution in [2.45, 2.75) is 136 Å². The van der Waals surface area contributed by atoms with E-state index in [9.17, 15) is 5.11 Å². The lowest BCUT2D eigenvalue weighted by Gasteiger charge is -2.32. The highest BCUT2D eigenvalue weighted by Crippen LogP contribution is 2.26. The van der Waals surface area contributed by atoms with E-state index >= 15 is 0 Å². The summed E-state index contributed by atoms with van der Waals surface area (Å²) in [5, 5.41) is 10.2. The van der Waals surface area contributed by atoms with Gasteiger partial charge >= 0.3 is 0 Å². The van der Waals surface area contributed by atoms with Crippen LogP contribution in [-0.4, -0.2) is 25.6 Å². The summed E-state index contributed by atoms with van der Waals surface area (Å²) in [7, 11) is -1.57. The highest BCUT2D eigenvalue weighted by molar-refractivity contribution is 6.73. The second-order valence-electron chi connectivity index (χ2n) is 7.92. The molecule has 0 aromatic rings. The van der Waals surface area contributed by atoms with Crippen molar-refractivity contribution < 1.29 is 9.53 Å². The Morgan fingerprint density at radius 3 is 1.81 bits per heavy atom. The number of unbranched alkanes of at least 4 members (excludes halogenated alkanes) is 6. The molecule has 1 N–H and O–H groups in total. The molecule has 0 aliphatic heterocycles. The second-order valence-corrected chi connectivity index (χ2v) is 12.6. The lowest BCUT2D eigenvalue weighted by atomic mass is 10.1. The molecule has 0 aliphatic rings. The third-order valence-electron chi connectivity index (χ3n) is 5.83. The third kappa shape index (κ3) is 12.3. The van der Waals surface area contributed by atoms with Crippen LogP contribution in [0.4, 0.5) is 0 Å². The zero-order valence-corrected chi connectivity index (χ0v) is 19.6. The maximum absolute atomic E-state index is 10.2. The molecule has 0 bridgehead atoms. The Bertz CT molecular complexity index is 318. The summed E-state index contributed by atoms with van der Waals surface area (Å²) in [5.41, 5.74) is 0. The minimum atomic E-state index is -1.57. The fraction of sp³-hybridized carbons (Fsp3) is 0.913. The first-order valence-corrected chi connectivity index (χ1v) is 14.1. The first-order valence-electron chi connectivity index (χ1n) is 11.6. The van der Waals surface area contributed by atoms with Gasteiger partial charge in [-0.1, -0.05) is 98.1 Å². The van der Waals surface area contributed by atoms with E-state index in [1.807, 2.05) is 0 Å². The van der Waals surface area contributed by atoms with Gasteiger partial charge in [0.1, 0.15) is 0 Å². The molecule has 0 saturated carbocycles. The number of rotatable bonds is 18. The van der Waals surface area contributed by atoms with E-state index in [2.05, 4.69) is 46.8 Å². The van der Waals surface area contributed by atoms with Gasteiger partial charge in [-0.15, -0.1) is 0 Å². The van der Waals surface area contributed by atoms with Gasteiger partial charge in [0.05, 0.1) is 12.2 Å². The molecule has 0 spiro atoms. The highest BCUT2D eigenvalue weighted by Gasteiger charge is 2.31. The number of aliphatic hydroxyl groups excluding tert-OH is 1. The largest absolute Gasteiger partial charge is 0.411 e. The fourth-order valence-corrected chi connectivity index (χ4v) is 6.44. The van der Waals surface area contributed by atoms with Crippen LogP contribution in [0.3, 0.4) is 0 Å². The van der Waals surface area contributed by atoms with Gasteiger partial charge in [-0.05, 0) is 37.4 Å². The van der Waals surface area contributed by atoms with Gasteiger partial charge in [0, 0.05) is 0 Å². The average Bonchev–Trinajstić information content (AvgIpc) is 2.66. The lowest BCUT2D eigenvalue weighted by molar-refractivity contribution is 0.163. The Morgan fingerprint density at radius 2 is 1.31 bits per heavy atom. The third-order valence-corrected chi connectivity index (χ3v) is 10.5. The molecule has 0 unspecified atom stereocenters. The van der Waals surface area contributed by atoms with Crippen molar-refractivity contribution in [2.24, 2.45) is 0 Å². The topological polar surface area (TPSA) is 29.5 Å². The Labute approximate surface area is 165 Å². The molecule has 3 heteroatoms. The summed E-state index contributed by atoms with van der Waals surface area (Å²) in [4.78, 5) is 0. The second kappa shape index (κ2) is 17.0. The van der Waals surface area contributed by atoms with Gasteiger partial charge in [-0.2, -0.15) is 0 Å². The minimum absolute atomic E-state index is 0.186. The molecule has 2 atom stereocenters. The molecule has 0 rings (SSSR count). The highest BCUT2D eigenvalue weighted by atomic mass is 28.4. The molecule has 0 aromatic carbocycles. The molecule has 0 radical (unpaired) electrons. The van der Waals surface area contributed by atoms with Crippen LogP contribution in [0, 0.1) is 0 Å². The van der Waals surface area contributed by atoms with Gasteiger partial charge in [0.2, 0.25) is 0 Å². The molecule has 0 aliphatic carbocycles. The first kappa shape index (κ1) is 25.9. The molecule has 0 heterocycles. The predicted molar refractivity (Wildman–Crippen MR) is 119 cm³/mol. The van der Waals surface area contributed by atoms with E-state index in [1.165, 1.54) is 63.1 Å². The van der Waals surface area contributed by atoms with Gasteiger partial charge in [0.15, 0.2) is 8.32 Å². The summed E-state index contributed by atoms with van der Waals surface area (Å²) in [6.07, 6.45) is 17.5. The molecule has 0 amide bonds. The van der Waals surface area contributed by atoms with Crippen LogP contribution in [0.15, 0.2) is 12.2 Å². The van der Waals surface area contributed by atoms with Crippen molar-refractivity contribution in [1.82, 2.24) is 0 Å². The average molecular weight is 385 g/mol. The molecular weight excluding hydrogens is 336 g/mol. The van der Waals surface area contributed by atoms with Gasteiger partial charge in [-0.25, -0.2) is 0 Å². The van der Waals surface area contributed by atoms with Crippen molar-refractivity contribution in [3.63, 3.8) is 0 Å². The Balaban J connectivity index is 4.53. The van der Waals surface area contributed by atoms with Gasteiger partial charge in [0.25, 0.3) is 0 Å². The fourth-order valence-electron chi connectivity index (χ4n) is 3.60. The van der Waals surface area contributed by atoms with E-state index in [-0.39, 0.29) is 12.2 Å². The van der Waals surface area contributed by atoms with Gasteiger partial charge in [-0.3, -0.25) is 0 Å². The zero-order valence-electron chi connectivity index (χ0n) is 18.6. The zero-order chi connectivity index (χ0) is 19.7. The van der Waals surface area contributed by atoms with Crippen molar-refractivity contribution in [3.8, 4) is 0 Å². The van der Waals surface area contributed by atoms with Crippen LogP contribution in [0.25, 0.3) is 0 Å². The molecule has 26 heavy (non-hydrogen) atoms. The standard InChI is InChI=1S/C23H48O2Si/c1-6-11-13-15-18-22(24)19-17-21-23(20-16-14-12-7-2)25-26(8-3,9-4)10-5/h17,21-24H,6-16,18-20H2,1-5H3/b21-17-/t22-,23+/m0/s1. The molecule has 2 nitrogen and oxygen atoms in total. The minimum Gasteiger partial charge on any atom is -0.411 e. The van der Waals surface area contributed by atoms with E-state index < -0.39 is 8.32 Å². The van der Waals surface area contributed by atoms with Crippen LogP contribution in [-0.2, 0) is 4.43 Å². The number of aliphatic hydroxyl groups is 1. The molecule has 0 aromatic heterocycles. The van der Waals surface area contributed by atoms with Crippen LogP contribution >= 0.6 is 0 Å². The smallest absolute Gasteiger partial charge is 0.192 e. The summed E-state index contributed by atoms with van der Waals surface area (Å²) in [6, 6.07) is 3.62. The Morgan fingerprint density at radius 1 is 0.769 bits per heavy atom. The normalized spacial score (nSPS) is 14.8. The van der Waals surface area contributed by atoms with E-state index in [1.54, 1.807) is 0 Å². The predicted octanol–water partition coefficient (Wildman–Crippen LogP) is 7.62. The molecule has 0 fully saturated rings. The lowest BCUT2D eigenvalue weighted by Crippen LogP contribution is -2.39. The van der Waals surface area contributed by atoms with E-state index in [0.717, 1.165) is 25.7 Å². The molecule has 0 saturated heterocycles. The summed E-state index contributed by atoms with van der Waals surface area (Å²) < 4.78 is 6.73.